The van der Waals surface area contributed by atoms with Crippen molar-refractivity contribution in [2.24, 2.45) is 5.92 Å². The lowest BCUT2D eigenvalue weighted by Gasteiger charge is -2.09. The molecule has 0 fully saturated rings. The molecule has 0 rings (SSSR count). The molecule has 9 heteroatoms. The Morgan fingerprint density at radius 1 is 1.40 bits per heavy atom. The number of nitro groups is 2. The summed E-state index contributed by atoms with van der Waals surface area (Å²) in [5.74, 6) is -5.57. The lowest BCUT2D eigenvalue weighted by atomic mass is 10.2. The average molecular weight is 224 g/mol. The topological polar surface area (TPSA) is 113 Å². The molecule has 86 valence electrons. The molecule has 0 aromatic rings. The van der Waals surface area contributed by atoms with Crippen molar-refractivity contribution in [3.05, 3.63) is 20.2 Å². The summed E-state index contributed by atoms with van der Waals surface area (Å²) in [4.78, 5) is 27.4. The van der Waals surface area contributed by atoms with Gasteiger partial charge in [-0.3, -0.25) is 25.0 Å². The van der Waals surface area contributed by atoms with Crippen LogP contribution in [-0.2, 0) is 9.53 Å². The fourth-order valence-corrected chi connectivity index (χ4v) is 0.502. The highest BCUT2D eigenvalue weighted by molar-refractivity contribution is 5.71. The molecule has 0 aromatic carbocycles. The summed E-state index contributed by atoms with van der Waals surface area (Å²) in [6.07, 6.45) is 0. The van der Waals surface area contributed by atoms with Gasteiger partial charge in [-0.15, -0.1) is 0 Å². The molecular weight excluding hydrogens is 215 g/mol. The van der Waals surface area contributed by atoms with Crippen molar-refractivity contribution in [2.75, 3.05) is 6.61 Å². The van der Waals surface area contributed by atoms with E-state index in [4.69, 9.17) is 0 Å². The lowest BCUT2D eigenvalue weighted by molar-refractivity contribution is -0.832. The molecule has 0 spiro atoms. The Bertz CT molecular complexity index is 277. The fraction of sp³-hybridized carbons (Fsp3) is 0.833. The summed E-state index contributed by atoms with van der Waals surface area (Å²) in [5.41, 5.74) is 0. The Hall–Kier alpha value is -1.80. The van der Waals surface area contributed by atoms with E-state index in [1.54, 1.807) is 0 Å². The van der Waals surface area contributed by atoms with Gasteiger partial charge >= 0.3 is 11.9 Å². The number of esters is 1. The highest BCUT2D eigenvalue weighted by Gasteiger charge is 2.59. The first-order chi connectivity index (χ1) is 6.71. The predicted octanol–water partition coefficient (Wildman–Crippen LogP) is 0.362. The summed E-state index contributed by atoms with van der Waals surface area (Å²) in [6, 6.07) is 0. The van der Waals surface area contributed by atoms with E-state index in [1.807, 2.05) is 0 Å². The van der Waals surface area contributed by atoms with E-state index in [-0.39, 0.29) is 0 Å². The molecule has 8 nitrogen and oxygen atoms in total. The lowest BCUT2D eigenvalue weighted by Crippen LogP contribution is -2.46. The number of carbonyl (C=O) groups is 1. The Morgan fingerprint density at radius 2 is 1.80 bits per heavy atom. The van der Waals surface area contributed by atoms with Crippen molar-refractivity contribution in [3.63, 3.8) is 0 Å². The third-order valence-electron chi connectivity index (χ3n) is 1.43. The number of hydrogen-bond donors (Lipinski definition) is 0. The zero-order chi connectivity index (χ0) is 12.2. The Balaban J connectivity index is 4.53. The van der Waals surface area contributed by atoms with Crippen molar-refractivity contribution < 1.29 is 23.8 Å². The smallest absolute Gasteiger partial charge is 0.446 e. The molecular formula is C6H9FN2O6. The first-order valence-corrected chi connectivity index (χ1v) is 3.86. The minimum absolute atomic E-state index is 0.646. The number of nitrogens with zero attached hydrogens (tertiary/aromatic N) is 2. The van der Waals surface area contributed by atoms with E-state index in [9.17, 15) is 29.4 Å². The first kappa shape index (κ1) is 13.2. The highest BCUT2D eigenvalue weighted by atomic mass is 19.2. The zero-order valence-electron chi connectivity index (χ0n) is 8.01. The normalized spacial score (nSPS) is 11.2. The van der Waals surface area contributed by atoms with Crippen LogP contribution in [0.2, 0.25) is 0 Å². The van der Waals surface area contributed by atoms with Gasteiger partial charge in [-0.2, -0.15) is 0 Å². The van der Waals surface area contributed by atoms with Gasteiger partial charge in [-0.05, 0) is 0 Å². The molecule has 0 saturated heterocycles. The molecule has 0 bridgehead atoms. The quantitative estimate of drug-likeness (QED) is 0.219. The van der Waals surface area contributed by atoms with Gasteiger partial charge in [0.25, 0.3) is 6.61 Å². The van der Waals surface area contributed by atoms with Crippen LogP contribution in [-0.4, -0.2) is 28.3 Å². The Morgan fingerprint density at radius 3 is 2.07 bits per heavy atom. The van der Waals surface area contributed by atoms with Crippen molar-refractivity contribution in [3.8, 4) is 0 Å². The van der Waals surface area contributed by atoms with Crippen LogP contribution in [0.3, 0.4) is 0 Å². The second-order valence-electron chi connectivity index (χ2n) is 3.00. The second kappa shape index (κ2) is 4.62. The van der Waals surface area contributed by atoms with E-state index in [0.29, 0.717) is 0 Å². The standard InChI is InChI=1S/C6H9FN2O6/c1-4(2)5(10)15-3-6(7,8(11)12)9(13)14/h4H,3H2,1-2H3. The van der Waals surface area contributed by atoms with Crippen molar-refractivity contribution in [1.82, 2.24) is 0 Å². The van der Waals surface area contributed by atoms with Gasteiger partial charge in [0, 0.05) is 0 Å². The Kier molecular flexibility index (Phi) is 4.07. The molecule has 0 unspecified atom stereocenters. The molecule has 15 heavy (non-hydrogen) atoms. The third-order valence-corrected chi connectivity index (χ3v) is 1.43. The van der Waals surface area contributed by atoms with E-state index in [0.717, 1.165) is 0 Å². The fourth-order valence-electron chi connectivity index (χ4n) is 0.502. The Labute approximate surface area is 83.3 Å². The largest absolute Gasteiger partial charge is 0.648 e. The van der Waals surface area contributed by atoms with Crippen molar-refractivity contribution >= 4 is 5.97 Å². The molecule has 0 heterocycles. The number of alkyl halides is 1. The summed E-state index contributed by atoms with van der Waals surface area (Å²) >= 11 is 0. The SMILES string of the molecule is CC(C)C(=O)OCC(F)([N+](=O)[O-])[N+](=O)[O-]. The molecule has 0 aliphatic carbocycles. The number of halogens is 1. The number of carbonyl (C=O) groups excluding carboxylic acids is 1. The van der Waals surface area contributed by atoms with Gasteiger partial charge in [-0.1, -0.05) is 18.2 Å². The summed E-state index contributed by atoms with van der Waals surface area (Å²) in [6.45, 7) is 1.27. The van der Waals surface area contributed by atoms with Gasteiger partial charge in [-0.25, -0.2) is 0 Å². The minimum atomic E-state index is -3.98. The molecule has 0 aromatic heterocycles. The van der Waals surface area contributed by atoms with E-state index >= 15 is 0 Å². The number of rotatable bonds is 5. The number of hydrogen-bond acceptors (Lipinski definition) is 6. The van der Waals surface area contributed by atoms with E-state index < -0.39 is 34.3 Å². The van der Waals surface area contributed by atoms with Crippen LogP contribution < -0.4 is 0 Å². The average Bonchev–Trinajstić information content (AvgIpc) is 2.12. The van der Waals surface area contributed by atoms with Gasteiger partial charge in [0.15, 0.2) is 0 Å². The summed E-state index contributed by atoms with van der Waals surface area (Å²) < 4.78 is 17.1. The first-order valence-electron chi connectivity index (χ1n) is 3.86. The van der Waals surface area contributed by atoms with E-state index in [1.165, 1.54) is 13.8 Å². The van der Waals surface area contributed by atoms with Crippen LogP contribution in [0.5, 0.6) is 0 Å². The molecule has 0 N–H and O–H groups in total. The summed E-state index contributed by atoms with van der Waals surface area (Å²) in [7, 11) is 0. The maximum Gasteiger partial charge on any atom is 0.648 e. The minimum Gasteiger partial charge on any atom is -0.446 e. The molecule has 0 radical (unpaired) electrons. The molecule has 0 aliphatic rings. The van der Waals surface area contributed by atoms with Crippen LogP contribution in [0.1, 0.15) is 13.8 Å². The second-order valence-corrected chi connectivity index (χ2v) is 3.00. The van der Waals surface area contributed by atoms with Gasteiger partial charge in [0.1, 0.15) is 9.85 Å². The van der Waals surface area contributed by atoms with Crippen LogP contribution in [0.25, 0.3) is 0 Å². The molecule has 0 atom stereocenters. The molecule has 0 amide bonds. The predicted molar refractivity (Wildman–Crippen MR) is 43.6 cm³/mol. The van der Waals surface area contributed by atoms with Crippen molar-refractivity contribution in [2.45, 2.75) is 19.8 Å². The third kappa shape index (κ3) is 3.11. The van der Waals surface area contributed by atoms with Crippen LogP contribution >= 0.6 is 0 Å². The molecule has 0 aliphatic heterocycles. The van der Waals surface area contributed by atoms with Gasteiger partial charge in [0.2, 0.25) is 0 Å². The highest BCUT2D eigenvalue weighted by Crippen LogP contribution is 2.14. The van der Waals surface area contributed by atoms with Gasteiger partial charge < -0.3 is 4.74 Å². The molecule has 0 saturated carbocycles. The van der Waals surface area contributed by atoms with Crippen LogP contribution in [0.4, 0.5) is 4.39 Å². The number of ether oxygens (including phenoxy) is 1. The van der Waals surface area contributed by atoms with Crippen molar-refractivity contribution in [1.29, 1.82) is 0 Å². The monoisotopic (exact) mass is 224 g/mol. The van der Waals surface area contributed by atoms with Gasteiger partial charge in [0.05, 0.1) is 5.92 Å². The maximum absolute atomic E-state index is 13.0. The van der Waals surface area contributed by atoms with Crippen LogP contribution in [0.15, 0.2) is 0 Å². The maximum atomic E-state index is 13.0. The van der Waals surface area contributed by atoms with Crippen LogP contribution in [0, 0.1) is 26.1 Å². The van der Waals surface area contributed by atoms with E-state index in [2.05, 4.69) is 4.74 Å². The summed E-state index contributed by atoms with van der Waals surface area (Å²) in [5, 5.41) is 20.1. The zero-order valence-corrected chi connectivity index (χ0v) is 8.01.